The van der Waals surface area contributed by atoms with Crippen molar-refractivity contribution in [1.29, 1.82) is 0 Å². The number of likely N-dealkylation sites (tertiary alicyclic amines) is 1. The van der Waals surface area contributed by atoms with E-state index in [0.717, 1.165) is 0 Å². The molecule has 1 N–H and O–H groups in total. The minimum atomic E-state index is 0.382. The van der Waals surface area contributed by atoms with Crippen LogP contribution in [-0.2, 0) is 5.41 Å². The summed E-state index contributed by atoms with van der Waals surface area (Å²) in [7, 11) is 0. The van der Waals surface area contributed by atoms with Crippen LogP contribution in [0.2, 0.25) is 0 Å². The first-order chi connectivity index (χ1) is 9.60. The molecule has 110 valence electrons. The lowest BCUT2D eigenvalue weighted by molar-refractivity contribution is 0.119. The second-order valence-corrected chi connectivity index (χ2v) is 7.44. The van der Waals surface area contributed by atoms with Gasteiger partial charge >= 0.3 is 0 Å². The van der Waals surface area contributed by atoms with Gasteiger partial charge in [-0.2, -0.15) is 0 Å². The van der Waals surface area contributed by atoms with E-state index in [4.69, 9.17) is 0 Å². The largest absolute Gasteiger partial charge is 0.316 e. The number of nitrogens with zero attached hydrogens (tertiary/aromatic N) is 1. The molecule has 2 aliphatic rings. The van der Waals surface area contributed by atoms with Crippen LogP contribution >= 0.6 is 0 Å². The van der Waals surface area contributed by atoms with Crippen LogP contribution in [0, 0.1) is 5.41 Å². The summed E-state index contributed by atoms with van der Waals surface area (Å²) in [6.45, 7) is 11.1. The van der Waals surface area contributed by atoms with E-state index < -0.39 is 0 Å². The van der Waals surface area contributed by atoms with Gasteiger partial charge in [0.2, 0.25) is 0 Å². The highest BCUT2D eigenvalue weighted by molar-refractivity contribution is 5.25. The van der Waals surface area contributed by atoms with Crippen LogP contribution in [0.1, 0.15) is 38.7 Å². The lowest BCUT2D eigenvalue weighted by Gasteiger charge is -2.42. The van der Waals surface area contributed by atoms with E-state index in [0.29, 0.717) is 10.8 Å². The van der Waals surface area contributed by atoms with Crippen molar-refractivity contribution in [2.24, 2.45) is 5.41 Å². The zero-order valence-corrected chi connectivity index (χ0v) is 13.0. The molecule has 2 saturated heterocycles. The Hall–Kier alpha value is -0.860. The van der Waals surface area contributed by atoms with Crippen molar-refractivity contribution in [1.82, 2.24) is 10.2 Å². The van der Waals surface area contributed by atoms with Crippen LogP contribution in [-0.4, -0.2) is 37.6 Å². The Kier molecular flexibility index (Phi) is 3.87. The Morgan fingerprint density at radius 1 is 1.05 bits per heavy atom. The first kappa shape index (κ1) is 14.1. The van der Waals surface area contributed by atoms with Crippen molar-refractivity contribution in [2.75, 3.05) is 32.7 Å². The summed E-state index contributed by atoms with van der Waals surface area (Å²) in [4.78, 5) is 2.69. The van der Waals surface area contributed by atoms with Crippen LogP contribution < -0.4 is 5.32 Å². The van der Waals surface area contributed by atoms with Gasteiger partial charge in [-0.1, -0.05) is 44.2 Å². The second kappa shape index (κ2) is 5.50. The average Bonchev–Trinajstić information content (AvgIpc) is 2.89. The van der Waals surface area contributed by atoms with E-state index in [2.05, 4.69) is 54.4 Å². The van der Waals surface area contributed by atoms with Crippen LogP contribution in [0.5, 0.6) is 0 Å². The number of nitrogens with one attached hydrogen (secondary N) is 1. The fourth-order valence-electron chi connectivity index (χ4n) is 3.88. The third-order valence-electron chi connectivity index (χ3n) is 5.49. The van der Waals surface area contributed by atoms with Gasteiger partial charge in [0.15, 0.2) is 0 Å². The van der Waals surface area contributed by atoms with E-state index in [1.165, 1.54) is 57.5 Å². The quantitative estimate of drug-likeness (QED) is 0.910. The lowest BCUT2D eigenvalue weighted by atomic mass is 9.74. The van der Waals surface area contributed by atoms with Crippen LogP contribution in [0.15, 0.2) is 30.3 Å². The molecule has 0 saturated carbocycles. The topological polar surface area (TPSA) is 15.3 Å². The molecule has 2 heterocycles. The molecule has 1 atom stereocenters. The van der Waals surface area contributed by atoms with Gasteiger partial charge in [0.05, 0.1) is 0 Å². The van der Waals surface area contributed by atoms with Crippen molar-refractivity contribution in [2.45, 2.75) is 38.5 Å². The Labute approximate surface area is 123 Å². The highest BCUT2D eigenvalue weighted by Gasteiger charge is 2.35. The number of rotatable bonds is 3. The maximum Gasteiger partial charge on any atom is 0.00480 e. The Bertz CT molecular complexity index is 426. The minimum absolute atomic E-state index is 0.382. The molecule has 1 aromatic carbocycles. The molecule has 0 bridgehead atoms. The van der Waals surface area contributed by atoms with Gasteiger partial charge in [-0.05, 0) is 55.3 Å². The molecule has 0 amide bonds. The molecule has 0 spiro atoms. The van der Waals surface area contributed by atoms with Crippen LogP contribution in [0.25, 0.3) is 0 Å². The van der Waals surface area contributed by atoms with Crippen molar-refractivity contribution in [3.8, 4) is 0 Å². The van der Waals surface area contributed by atoms with Gasteiger partial charge in [0.25, 0.3) is 0 Å². The van der Waals surface area contributed by atoms with E-state index in [9.17, 15) is 0 Å². The predicted molar refractivity (Wildman–Crippen MR) is 85.1 cm³/mol. The summed E-state index contributed by atoms with van der Waals surface area (Å²) in [6.07, 6.45) is 3.92. The van der Waals surface area contributed by atoms with Crippen LogP contribution in [0.4, 0.5) is 0 Å². The average molecular weight is 272 g/mol. The maximum atomic E-state index is 3.52. The summed E-state index contributed by atoms with van der Waals surface area (Å²) >= 11 is 0. The van der Waals surface area contributed by atoms with Gasteiger partial charge in [-0.3, -0.25) is 0 Å². The predicted octanol–water partition coefficient (Wildman–Crippen LogP) is 3.04. The second-order valence-electron chi connectivity index (χ2n) is 7.44. The van der Waals surface area contributed by atoms with Gasteiger partial charge in [-0.15, -0.1) is 0 Å². The van der Waals surface area contributed by atoms with Crippen molar-refractivity contribution < 1.29 is 0 Å². The summed E-state index contributed by atoms with van der Waals surface area (Å²) in [5.74, 6) is 0. The fraction of sp³-hybridized carbons (Fsp3) is 0.667. The highest BCUT2D eigenvalue weighted by atomic mass is 15.1. The molecule has 0 aromatic heterocycles. The first-order valence-electron chi connectivity index (χ1n) is 8.08. The Balaban J connectivity index is 1.59. The van der Waals surface area contributed by atoms with Crippen molar-refractivity contribution in [3.63, 3.8) is 0 Å². The van der Waals surface area contributed by atoms with Crippen molar-refractivity contribution >= 4 is 0 Å². The summed E-state index contributed by atoms with van der Waals surface area (Å²) < 4.78 is 0. The summed E-state index contributed by atoms with van der Waals surface area (Å²) in [6, 6.07) is 11.1. The number of hydrogen-bond donors (Lipinski definition) is 1. The highest BCUT2D eigenvalue weighted by Crippen LogP contribution is 2.36. The normalized spacial score (nSPS) is 30.5. The van der Waals surface area contributed by atoms with Crippen molar-refractivity contribution in [3.05, 3.63) is 35.9 Å². The van der Waals surface area contributed by atoms with E-state index in [1.807, 2.05) is 0 Å². The standard InChI is InChI=1S/C18H28N2/c1-17(8-11-19-14-17)15-20-12-9-18(2,10-13-20)16-6-4-3-5-7-16/h3-7,19H,8-15H2,1-2H3. The molecule has 1 aromatic rings. The zero-order valence-electron chi connectivity index (χ0n) is 13.0. The molecular formula is C18H28N2. The minimum Gasteiger partial charge on any atom is -0.316 e. The third-order valence-corrected chi connectivity index (χ3v) is 5.49. The first-order valence-corrected chi connectivity index (χ1v) is 8.08. The fourth-order valence-corrected chi connectivity index (χ4v) is 3.88. The number of hydrogen-bond acceptors (Lipinski definition) is 2. The summed E-state index contributed by atoms with van der Waals surface area (Å²) in [5, 5.41) is 3.52. The smallest absolute Gasteiger partial charge is 0.00480 e. The molecule has 2 aliphatic heterocycles. The number of piperidine rings is 1. The lowest BCUT2D eigenvalue weighted by Crippen LogP contribution is -2.45. The van der Waals surface area contributed by atoms with E-state index >= 15 is 0 Å². The number of benzene rings is 1. The molecule has 1 unspecified atom stereocenters. The van der Waals surface area contributed by atoms with E-state index in [1.54, 1.807) is 0 Å². The SMILES string of the molecule is CC1(CN2CCC(C)(c3ccccc3)CC2)CCNC1. The summed E-state index contributed by atoms with van der Waals surface area (Å²) in [5.41, 5.74) is 2.40. The molecule has 20 heavy (non-hydrogen) atoms. The van der Waals surface area contributed by atoms with Gasteiger partial charge in [0.1, 0.15) is 0 Å². The van der Waals surface area contributed by atoms with Crippen LogP contribution in [0.3, 0.4) is 0 Å². The monoisotopic (exact) mass is 272 g/mol. The maximum absolute atomic E-state index is 3.52. The van der Waals surface area contributed by atoms with Gasteiger partial charge < -0.3 is 10.2 Å². The Morgan fingerprint density at radius 3 is 2.35 bits per heavy atom. The molecule has 2 nitrogen and oxygen atoms in total. The molecule has 2 fully saturated rings. The third kappa shape index (κ3) is 2.91. The Morgan fingerprint density at radius 2 is 1.75 bits per heavy atom. The zero-order chi connectivity index (χ0) is 14.1. The van der Waals surface area contributed by atoms with Gasteiger partial charge in [-0.25, -0.2) is 0 Å². The molecule has 0 radical (unpaired) electrons. The van der Waals surface area contributed by atoms with E-state index in [-0.39, 0.29) is 0 Å². The molecular weight excluding hydrogens is 244 g/mol. The molecule has 0 aliphatic carbocycles. The molecule has 3 rings (SSSR count). The molecule has 2 heteroatoms. The van der Waals surface area contributed by atoms with Gasteiger partial charge in [0, 0.05) is 13.1 Å².